The minimum atomic E-state index is -0.141. The van der Waals surface area contributed by atoms with Crippen molar-refractivity contribution in [2.24, 2.45) is 0 Å². The van der Waals surface area contributed by atoms with Crippen LogP contribution >= 0.6 is 24.0 Å². The van der Waals surface area contributed by atoms with E-state index in [1.54, 1.807) is 0 Å². The standard InChI is InChI=1S/C20H20ClN3O.ClH/c21-19-18(20(25)22-23-13-7-2-8-14-23)16-11-5-6-12-17(16)24(19)15-9-3-1-4-10-15;/h1,3-6,9-12H,2,7-8,13-14H2,(H,22,25);1H. The van der Waals surface area contributed by atoms with Gasteiger partial charge in [0.05, 0.1) is 11.1 Å². The van der Waals surface area contributed by atoms with Crippen LogP contribution in [-0.2, 0) is 0 Å². The van der Waals surface area contributed by atoms with Crippen LogP contribution in [0.4, 0.5) is 0 Å². The number of hydrazine groups is 1. The van der Waals surface area contributed by atoms with E-state index >= 15 is 0 Å². The van der Waals surface area contributed by atoms with Crippen LogP contribution < -0.4 is 5.43 Å². The summed E-state index contributed by atoms with van der Waals surface area (Å²) in [7, 11) is 0. The minimum absolute atomic E-state index is 0. The highest BCUT2D eigenvalue weighted by Gasteiger charge is 2.23. The lowest BCUT2D eigenvalue weighted by Crippen LogP contribution is -2.45. The van der Waals surface area contributed by atoms with Crippen molar-refractivity contribution in [3.8, 4) is 5.69 Å². The molecule has 1 aromatic heterocycles. The zero-order valence-electron chi connectivity index (χ0n) is 14.3. The Morgan fingerprint density at radius 1 is 0.923 bits per heavy atom. The number of para-hydroxylation sites is 2. The van der Waals surface area contributed by atoms with E-state index in [-0.39, 0.29) is 18.3 Å². The molecule has 136 valence electrons. The van der Waals surface area contributed by atoms with Gasteiger partial charge in [0.25, 0.3) is 5.91 Å². The number of amides is 1. The van der Waals surface area contributed by atoms with Crippen LogP contribution in [0.3, 0.4) is 0 Å². The summed E-state index contributed by atoms with van der Waals surface area (Å²) in [4.78, 5) is 12.9. The summed E-state index contributed by atoms with van der Waals surface area (Å²) in [6.07, 6.45) is 3.44. The summed E-state index contributed by atoms with van der Waals surface area (Å²) in [5, 5.41) is 3.31. The van der Waals surface area contributed by atoms with Gasteiger partial charge in [-0.1, -0.05) is 54.4 Å². The molecule has 1 N–H and O–H groups in total. The highest BCUT2D eigenvalue weighted by molar-refractivity contribution is 6.35. The quantitative estimate of drug-likeness (QED) is 0.695. The van der Waals surface area contributed by atoms with Gasteiger partial charge in [0.2, 0.25) is 0 Å². The third-order valence-corrected chi connectivity index (χ3v) is 5.03. The first-order valence-corrected chi connectivity index (χ1v) is 9.04. The van der Waals surface area contributed by atoms with Gasteiger partial charge in [0.1, 0.15) is 5.15 Å². The average molecular weight is 390 g/mol. The van der Waals surface area contributed by atoms with Crippen molar-refractivity contribution in [3.63, 3.8) is 0 Å². The van der Waals surface area contributed by atoms with Crippen molar-refractivity contribution in [2.45, 2.75) is 19.3 Å². The van der Waals surface area contributed by atoms with Crippen LogP contribution in [0.5, 0.6) is 0 Å². The predicted molar refractivity (Wildman–Crippen MR) is 108 cm³/mol. The Hall–Kier alpha value is -2.01. The largest absolute Gasteiger partial charge is 0.299 e. The summed E-state index contributed by atoms with van der Waals surface area (Å²) < 4.78 is 1.93. The number of halogens is 2. The summed E-state index contributed by atoms with van der Waals surface area (Å²) in [5.74, 6) is -0.141. The maximum absolute atomic E-state index is 12.9. The molecule has 0 bridgehead atoms. The van der Waals surface area contributed by atoms with Crippen molar-refractivity contribution in [3.05, 3.63) is 65.3 Å². The Labute approximate surface area is 164 Å². The molecular weight excluding hydrogens is 369 g/mol. The Balaban J connectivity index is 0.00000196. The highest BCUT2D eigenvalue weighted by Crippen LogP contribution is 2.33. The number of carbonyl (C=O) groups is 1. The molecule has 4 nitrogen and oxygen atoms in total. The van der Waals surface area contributed by atoms with Gasteiger partial charge in [-0.05, 0) is 31.0 Å². The molecule has 0 saturated carbocycles. The second-order valence-electron chi connectivity index (χ2n) is 6.34. The molecule has 1 aliphatic rings. The van der Waals surface area contributed by atoms with Crippen molar-refractivity contribution in [1.29, 1.82) is 0 Å². The van der Waals surface area contributed by atoms with E-state index in [2.05, 4.69) is 5.43 Å². The topological polar surface area (TPSA) is 37.3 Å². The summed E-state index contributed by atoms with van der Waals surface area (Å²) >= 11 is 6.68. The summed E-state index contributed by atoms with van der Waals surface area (Å²) in [6, 6.07) is 17.7. The molecule has 1 saturated heterocycles. The number of piperidine rings is 1. The van der Waals surface area contributed by atoms with Gasteiger partial charge in [-0.3, -0.25) is 14.8 Å². The third kappa shape index (κ3) is 3.45. The number of rotatable bonds is 3. The van der Waals surface area contributed by atoms with E-state index in [0.29, 0.717) is 10.7 Å². The summed E-state index contributed by atoms with van der Waals surface area (Å²) in [6.45, 7) is 1.78. The number of nitrogens with zero attached hydrogens (tertiary/aromatic N) is 2. The Bertz CT molecular complexity index is 902. The van der Waals surface area contributed by atoms with Crippen LogP contribution in [0.25, 0.3) is 16.6 Å². The molecule has 1 amide bonds. The molecule has 0 radical (unpaired) electrons. The molecule has 0 spiro atoms. The monoisotopic (exact) mass is 389 g/mol. The van der Waals surface area contributed by atoms with Gasteiger partial charge in [0.15, 0.2) is 0 Å². The molecular formula is C20H21Cl2N3O. The van der Waals surface area contributed by atoms with Crippen LogP contribution in [0.15, 0.2) is 54.6 Å². The second-order valence-corrected chi connectivity index (χ2v) is 6.70. The van der Waals surface area contributed by atoms with E-state index in [4.69, 9.17) is 11.6 Å². The molecule has 6 heteroatoms. The molecule has 3 aromatic rings. The minimum Gasteiger partial charge on any atom is -0.299 e. The van der Waals surface area contributed by atoms with Gasteiger partial charge in [-0.2, -0.15) is 0 Å². The van der Waals surface area contributed by atoms with Crippen molar-refractivity contribution in [1.82, 2.24) is 15.0 Å². The Morgan fingerprint density at radius 3 is 2.31 bits per heavy atom. The van der Waals surface area contributed by atoms with Gasteiger partial charge < -0.3 is 0 Å². The fourth-order valence-electron chi connectivity index (χ4n) is 3.46. The smallest absolute Gasteiger partial charge is 0.269 e. The lowest BCUT2D eigenvalue weighted by molar-refractivity contribution is 0.0752. The molecule has 0 atom stereocenters. The first kappa shape index (κ1) is 18.8. The zero-order valence-corrected chi connectivity index (χ0v) is 15.9. The number of aromatic nitrogens is 1. The third-order valence-electron chi connectivity index (χ3n) is 4.67. The molecule has 1 fully saturated rings. The molecule has 0 unspecified atom stereocenters. The predicted octanol–water partition coefficient (Wildman–Crippen LogP) is 4.84. The molecule has 2 aromatic carbocycles. The van der Waals surface area contributed by atoms with E-state index in [9.17, 15) is 4.79 Å². The fraction of sp³-hybridized carbons (Fsp3) is 0.250. The van der Waals surface area contributed by atoms with Crippen LogP contribution in [0, 0.1) is 0 Å². The normalized spacial score (nSPS) is 14.8. The summed E-state index contributed by atoms with van der Waals surface area (Å²) in [5.41, 5.74) is 5.44. The van der Waals surface area contributed by atoms with Gasteiger partial charge >= 0.3 is 0 Å². The zero-order chi connectivity index (χ0) is 17.2. The number of carbonyl (C=O) groups excluding carboxylic acids is 1. The Morgan fingerprint density at radius 2 is 1.58 bits per heavy atom. The van der Waals surface area contributed by atoms with E-state index in [0.717, 1.165) is 42.5 Å². The van der Waals surface area contributed by atoms with Crippen molar-refractivity contribution in [2.75, 3.05) is 13.1 Å². The fourth-order valence-corrected chi connectivity index (χ4v) is 3.84. The maximum atomic E-state index is 12.9. The lowest BCUT2D eigenvalue weighted by Gasteiger charge is -2.26. The van der Waals surface area contributed by atoms with Crippen LogP contribution in [0.2, 0.25) is 5.15 Å². The number of fused-ring (bicyclic) bond motifs is 1. The SMILES string of the molecule is Cl.O=C(NN1CCCCC1)c1c(Cl)n(-c2ccccc2)c2ccccc12. The molecule has 4 rings (SSSR count). The number of hydrogen-bond acceptors (Lipinski definition) is 2. The molecule has 2 heterocycles. The number of hydrogen-bond donors (Lipinski definition) is 1. The van der Waals surface area contributed by atoms with Crippen LogP contribution in [-0.4, -0.2) is 28.6 Å². The first-order chi connectivity index (χ1) is 12.3. The molecule has 26 heavy (non-hydrogen) atoms. The van der Waals surface area contributed by atoms with Crippen LogP contribution in [0.1, 0.15) is 29.6 Å². The first-order valence-electron chi connectivity index (χ1n) is 8.66. The lowest BCUT2D eigenvalue weighted by atomic mass is 10.1. The number of nitrogens with one attached hydrogen (secondary N) is 1. The maximum Gasteiger partial charge on any atom is 0.269 e. The van der Waals surface area contributed by atoms with E-state index < -0.39 is 0 Å². The van der Waals surface area contributed by atoms with Crippen molar-refractivity contribution < 1.29 is 4.79 Å². The second kappa shape index (κ2) is 8.12. The van der Waals surface area contributed by atoms with Gasteiger partial charge in [-0.15, -0.1) is 12.4 Å². The average Bonchev–Trinajstić information content (AvgIpc) is 2.95. The molecule has 1 aliphatic heterocycles. The number of benzene rings is 2. The van der Waals surface area contributed by atoms with Gasteiger partial charge in [-0.25, -0.2) is 5.01 Å². The van der Waals surface area contributed by atoms with E-state index in [1.165, 1.54) is 6.42 Å². The molecule has 0 aliphatic carbocycles. The Kier molecular flexibility index (Phi) is 5.87. The van der Waals surface area contributed by atoms with E-state index in [1.807, 2.05) is 64.2 Å². The van der Waals surface area contributed by atoms with Crippen molar-refractivity contribution >= 4 is 40.8 Å². The highest BCUT2D eigenvalue weighted by atomic mass is 35.5. The van der Waals surface area contributed by atoms with Gasteiger partial charge in [0, 0.05) is 24.2 Å².